The van der Waals surface area contributed by atoms with Gasteiger partial charge in [-0.3, -0.25) is 9.48 Å². The highest BCUT2D eigenvalue weighted by Gasteiger charge is 2.09. The van der Waals surface area contributed by atoms with Crippen LogP contribution in [0.15, 0.2) is 30.6 Å². The fourth-order valence-corrected chi connectivity index (χ4v) is 1.68. The molecule has 0 atom stereocenters. The van der Waals surface area contributed by atoms with E-state index in [4.69, 9.17) is 0 Å². The van der Waals surface area contributed by atoms with Gasteiger partial charge in [-0.2, -0.15) is 5.10 Å². The molecule has 1 aromatic heterocycles. The van der Waals surface area contributed by atoms with Crippen molar-refractivity contribution < 1.29 is 9.90 Å². The quantitative estimate of drug-likeness (QED) is 0.890. The summed E-state index contributed by atoms with van der Waals surface area (Å²) in [5, 5.41) is 16.4. The summed E-state index contributed by atoms with van der Waals surface area (Å²) in [6, 6.07) is 5.01. The van der Waals surface area contributed by atoms with Gasteiger partial charge in [0.15, 0.2) is 0 Å². The van der Waals surface area contributed by atoms with E-state index in [1.807, 2.05) is 13.8 Å². The van der Waals surface area contributed by atoms with E-state index < -0.39 is 0 Å². The first-order valence-corrected chi connectivity index (χ1v) is 6.12. The number of phenolic OH excluding ortho intramolecular Hbond substituents is 1. The Morgan fingerprint density at radius 3 is 2.74 bits per heavy atom. The number of phenols is 1. The molecule has 2 rings (SSSR count). The highest BCUT2D eigenvalue weighted by atomic mass is 16.3. The number of rotatable bonds is 3. The molecule has 0 saturated heterocycles. The SMILES string of the molecule is Cc1cc(C(=O)Nc2cnn(C(C)C)c2)ccc1O. The number of benzene rings is 1. The maximum Gasteiger partial charge on any atom is 0.255 e. The Kier molecular flexibility index (Phi) is 3.55. The van der Waals surface area contributed by atoms with Gasteiger partial charge in [0.25, 0.3) is 5.91 Å². The summed E-state index contributed by atoms with van der Waals surface area (Å²) in [6.07, 6.45) is 3.40. The van der Waals surface area contributed by atoms with Gasteiger partial charge in [0.2, 0.25) is 0 Å². The van der Waals surface area contributed by atoms with E-state index in [2.05, 4.69) is 10.4 Å². The van der Waals surface area contributed by atoms with Crippen LogP contribution in [0.1, 0.15) is 35.8 Å². The van der Waals surface area contributed by atoms with E-state index in [0.29, 0.717) is 16.8 Å². The van der Waals surface area contributed by atoms with Crippen LogP contribution < -0.4 is 5.32 Å². The second-order valence-corrected chi connectivity index (χ2v) is 4.76. The second kappa shape index (κ2) is 5.14. The van der Waals surface area contributed by atoms with Gasteiger partial charge in [-0.25, -0.2) is 0 Å². The van der Waals surface area contributed by atoms with Gasteiger partial charge < -0.3 is 10.4 Å². The summed E-state index contributed by atoms with van der Waals surface area (Å²) >= 11 is 0. The summed E-state index contributed by atoms with van der Waals surface area (Å²) in [4.78, 5) is 12.0. The molecule has 0 fully saturated rings. The van der Waals surface area contributed by atoms with Crippen molar-refractivity contribution in [3.8, 4) is 5.75 Å². The first kappa shape index (κ1) is 13.1. The van der Waals surface area contributed by atoms with Gasteiger partial charge in [-0.1, -0.05) is 0 Å². The zero-order valence-corrected chi connectivity index (χ0v) is 11.2. The minimum Gasteiger partial charge on any atom is -0.508 e. The molecule has 2 aromatic rings. The number of nitrogens with one attached hydrogen (secondary N) is 1. The third-order valence-corrected chi connectivity index (χ3v) is 2.85. The predicted octanol–water partition coefficient (Wildman–Crippen LogP) is 2.73. The van der Waals surface area contributed by atoms with Crippen LogP contribution in [0.2, 0.25) is 0 Å². The molecule has 0 aliphatic heterocycles. The fraction of sp³-hybridized carbons (Fsp3) is 0.286. The highest BCUT2D eigenvalue weighted by Crippen LogP contribution is 2.18. The van der Waals surface area contributed by atoms with Crippen LogP contribution in [0.5, 0.6) is 5.75 Å². The van der Waals surface area contributed by atoms with E-state index in [9.17, 15) is 9.90 Å². The molecule has 1 aromatic carbocycles. The Balaban J connectivity index is 2.13. The van der Waals surface area contributed by atoms with Gasteiger partial charge in [0, 0.05) is 17.8 Å². The maximum absolute atomic E-state index is 12.0. The van der Waals surface area contributed by atoms with Crippen LogP contribution in [0, 0.1) is 6.92 Å². The number of carbonyl (C=O) groups is 1. The van der Waals surface area contributed by atoms with Crippen molar-refractivity contribution in [1.82, 2.24) is 9.78 Å². The molecule has 2 N–H and O–H groups in total. The molecule has 5 heteroatoms. The average Bonchev–Trinajstić information content (AvgIpc) is 2.81. The van der Waals surface area contributed by atoms with Crippen molar-refractivity contribution in [3.05, 3.63) is 41.7 Å². The summed E-state index contributed by atoms with van der Waals surface area (Å²) in [7, 11) is 0. The Morgan fingerprint density at radius 2 is 2.16 bits per heavy atom. The summed E-state index contributed by atoms with van der Waals surface area (Å²) in [6.45, 7) is 5.78. The molecule has 0 saturated carbocycles. The van der Waals surface area contributed by atoms with E-state index in [-0.39, 0.29) is 17.7 Å². The van der Waals surface area contributed by atoms with Gasteiger partial charge >= 0.3 is 0 Å². The zero-order chi connectivity index (χ0) is 14.0. The van der Waals surface area contributed by atoms with E-state index in [1.165, 1.54) is 6.07 Å². The Bertz CT molecular complexity index is 602. The first-order chi connectivity index (χ1) is 8.97. The van der Waals surface area contributed by atoms with Crippen molar-refractivity contribution in [2.24, 2.45) is 0 Å². The lowest BCUT2D eigenvalue weighted by Gasteiger charge is -2.05. The number of aryl methyl sites for hydroxylation is 1. The maximum atomic E-state index is 12.0. The first-order valence-electron chi connectivity index (χ1n) is 6.12. The highest BCUT2D eigenvalue weighted by molar-refractivity contribution is 6.04. The van der Waals surface area contributed by atoms with Crippen molar-refractivity contribution >= 4 is 11.6 Å². The monoisotopic (exact) mass is 259 g/mol. The van der Waals surface area contributed by atoms with E-state index in [0.717, 1.165) is 0 Å². The number of aromatic nitrogens is 2. The molecule has 0 bridgehead atoms. The molecular weight excluding hydrogens is 242 g/mol. The molecule has 100 valence electrons. The van der Waals surface area contributed by atoms with Crippen molar-refractivity contribution in [2.45, 2.75) is 26.8 Å². The fourth-order valence-electron chi connectivity index (χ4n) is 1.68. The molecule has 1 heterocycles. The predicted molar refractivity (Wildman–Crippen MR) is 73.4 cm³/mol. The Morgan fingerprint density at radius 1 is 1.42 bits per heavy atom. The standard InChI is InChI=1S/C14H17N3O2/c1-9(2)17-8-12(7-15-17)16-14(19)11-4-5-13(18)10(3)6-11/h4-9,18H,1-3H3,(H,16,19). The molecule has 0 radical (unpaired) electrons. The summed E-state index contributed by atoms with van der Waals surface area (Å²) in [5.74, 6) is -0.0319. The van der Waals surface area contributed by atoms with Crippen molar-refractivity contribution in [1.29, 1.82) is 0 Å². The number of hydrogen-bond acceptors (Lipinski definition) is 3. The molecule has 0 aliphatic carbocycles. The summed E-state index contributed by atoms with van der Waals surface area (Å²) in [5.41, 5.74) is 1.84. The molecular formula is C14H17N3O2. The van der Waals surface area contributed by atoms with Crippen LogP contribution in [-0.2, 0) is 0 Å². The Hall–Kier alpha value is -2.30. The number of hydrogen-bond donors (Lipinski definition) is 2. The summed E-state index contributed by atoms with van der Waals surface area (Å²) < 4.78 is 1.78. The van der Waals surface area contributed by atoms with Gasteiger partial charge in [-0.05, 0) is 44.5 Å². The number of aromatic hydroxyl groups is 1. The minimum atomic E-state index is -0.216. The molecule has 0 unspecified atom stereocenters. The van der Waals surface area contributed by atoms with Crippen LogP contribution in [0.4, 0.5) is 5.69 Å². The van der Waals surface area contributed by atoms with Crippen LogP contribution >= 0.6 is 0 Å². The van der Waals surface area contributed by atoms with E-state index >= 15 is 0 Å². The normalized spacial score (nSPS) is 10.7. The van der Waals surface area contributed by atoms with Gasteiger partial charge in [0.05, 0.1) is 11.9 Å². The average molecular weight is 259 g/mol. The number of nitrogens with zero attached hydrogens (tertiary/aromatic N) is 2. The molecule has 5 nitrogen and oxygen atoms in total. The van der Waals surface area contributed by atoms with Crippen LogP contribution in [-0.4, -0.2) is 20.8 Å². The van der Waals surface area contributed by atoms with E-state index in [1.54, 1.807) is 36.1 Å². The van der Waals surface area contributed by atoms with Gasteiger partial charge in [-0.15, -0.1) is 0 Å². The van der Waals surface area contributed by atoms with Gasteiger partial charge in [0.1, 0.15) is 5.75 Å². The number of amides is 1. The number of carbonyl (C=O) groups excluding carboxylic acids is 1. The largest absolute Gasteiger partial charge is 0.508 e. The topological polar surface area (TPSA) is 67.2 Å². The second-order valence-electron chi connectivity index (χ2n) is 4.76. The smallest absolute Gasteiger partial charge is 0.255 e. The molecule has 1 amide bonds. The molecule has 0 aliphatic rings. The van der Waals surface area contributed by atoms with Crippen LogP contribution in [0.25, 0.3) is 0 Å². The minimum absolute atomic E-state index is 0.184. The lowest BCUT2D eigenvalue weighted by Crippen LogP contribution is -2.11. The zero-order valence-electron chi connectivity index (χ0n) is 11.2. The third kappa shape index (κ3) is 2.93. The lowest BCUT2D eigenvalue weighted by atomic mass is 10.1. The molecule has 0 spiro atoms. The third-order valence-electron chi connectivity index (χ3n) is 2.85. The molecule has 19 heavy (non-hydrogen) atoms. The lowest BCUT2D eigenvalue weighted by molar-refractivity contribution is 0.102. The van der Waals surface area contributed by atoms with Crippen LogP contribution in [0.3, 0.4) is 0 Å². The van der Waals surface area contributed by atoms with Crippen molar-refractivity contribution in [2.75, 3.05) is 5.32 Å². The van der Waals surface area contributed by atoms with Crippen molar-refractivity contribution in [3.63, 3.8) is 0 Å². The Labute approximate surface area is 111 Å². The number of anilines is 1.